The van der Waals surface area contributed by atoms with E-state index in [1.165, 1.54) is 7.11 Å². The first kappa shape index (κ1) is 34.0. The number of allylic oxidation sites excluding steroid dienone is 1. The second kappa shape index (κ2) is 12.9. The van der Waals surface area contributed by atoms with Crippen LogP contribution in [0.5, 0.6) is 0 Å². The summed E-state index contributed by atoms with van der Waals surface area (Å²) in [5.74, 6) is -2.36. The minimum atomic E-state index is -1.77. The lowest BCUT2D eigenvalue weighted by molar-refractivity contribution is -0.184. The number of aliphatic hydroxyl groups excluding tert-OH is 1. The zero-order valence-electron chi connectivity index (χ0n) is 27.9. The average molecular weight is 663 g/mol. The fourth-order valence-electron chi connectivity index (χ4n) is 9.83. The van der Waals surface area contributed by atoms with Crippen molar-refractivity contribution in [3.8, 4) is 0 Å². The fraction of sp³-hybridized carbons (Fsp3) is 0.595. The Morgan fingerprint density at radius 1 is 1.08 bits per heavy atom. The first-order valence-electron chi connectivity index (χ1n) is 17.1. The topological polar surface area (TPSA) is 172 Å². The van der Waals surface area contributed by atoms with Crippen LogP contribution in [0.2, 0.25) is 0 Å². The number of rotatable bonds is 10. The molecule has 11 nitrogen and oxygen atoms in total. The number of aromatic nitrogens is 1. The van der Waals surface area contributed by atoms with E-state index in [9.17, 15) is 34.2 Å². The van der Waals surface area contributed by atoms with Crippen LogP contribution >= 0.6 is 0 Å². The Labute approximate surface area is 279 Å². The van der Waals surface area contributed by atoms with Gasteiger partial charge in [0.2, 0.25) is 11.7 Å². The van der Waals surface area contributed by atoms with Gasteiger partial charge in [-0.2, -0.15) is 0 Å². The molecular formula is C37H46N2O9. The summed E-state index contributed by atoms with van der Waals surface area (Å²) >= 11 is 0. The van der Waals surface area contributed by atoms with Gasteiger partial charge in [0.25, 0.3) is 0 Å². The number of ether oxygens (including phenoxy) is 2. The number of hydrogen-bond donors (Lipinski definition) is 4. The molecule has 0 aliphatic heterocycles. The van der Waals surface area contributed by atoms with Crippen molar-refractivity contribution in [2.45, 2.75) is 95.8 Å². The van der Waals surface area contributed by atoms with E-state index in [0.29, 0.717) is 19.3 Å². The number of hydrogen-bond acceptors (Lipinski definition) is 9. The molecule has 1 amide bonds. The number of methoxy groups -OCH3 is 1. The van der Waals surface area contributed by atoms with Crippen LogP contribution in [0, 0.1) is 28.6 Å². The van der Waals surface area contributed by atoms with Crippen molar-refractivity contribution in [2.24, 2.45) is 28.6 Å². The SMILES string of the molecule is COC(=O)[C@H](Cc1c[nH]c2ccccc12)NC(=O)CCC(=O)OCC(=O)[C@@]1(O)CC[C@@H]2[C@@H]3CCC4=CC(=O)CC[C@]4(C)[C@@H]3[C@H](O)C[C@@]21C. The van der Waals surface area contributed by atoms with Gasteiger partial charge in [-0.3, -0.25) is 19.2 Å². The molecule has 0 bridgehead atoms. The number of aromatic amines is 1. The third-order valence-corrected chi connectivity index (χ3v) is 12.3. The molecule has 258 valence electrons. The molecule has 0 saturated heterocycles. The Hall–Kier alpha value is -3.83. The maximum absolute atomic E-state index is 13.6. The van der Waals surface area contributed by atoms with Crippen LogP contribution < -0.4 is 5.32 Å². The van der Waals surface area contributed by atoms with Gasteiger partial charge in [0.05, 0.1) is 19.6 Å². The van der Waals surface area contributed by atoms with E-state index < -0.39 is 53.4 Å². The molecule has 2 aromatic rings. The quantitative estimate of drug-likeness (QED) is 0.278. The minimum Gasteiger partial charge on any atom is -0.467 e. The second-order valence-corrected chi connectivity index (χ2v) is 14.8. The standard InChI is InChI=1S/C37H46N2O9/c1-35-14-12-23(40)17-22(35)8-9-25-26-13-15-37(46,36(26,2)18-29(41)33(25)35)30(42)20-48-32(44)11-10-31(43)39-28(34(45)47-3)16-21-19-38-27-7-5-4-6-24(21)27/h4-7,17,19,25-26,28-29,33,38,41,46H,8-16,18,20H2,1-3H3,(H,39,43)/t25-,26+,28-,29+,33-,35-,36-,37-/m0/s1. The first-order valence-corrected chi connectivity index (χ1v) is 17.1. The average Bonchev–Trinajstić information content (AvgIpc) is 3.59. The lowest BCUT2D eigenvalue weighted by atomic mass is 9.45. The summed E-state index contributed by atoms with van der Waals surface area (Å²) in [7, 11) is 1.24. The zero-order chi connectivity index (χ0) is 34.4. The van der Waals surface area contributed by atoms with E-state index in [1.807, 2.05) is 31.2 Å². The van der Waals surface area contributed by atoms with Gasteiger partial charge in [0.15, 0.2) is 12.4 Å². The van der Waals surface area contributed by atoms with Gasteiger partial charge in [-0.15, -0.1) is 0 Å². The highest BCUT2D eigenvalue weighted by Gasteiger charge is 2.68. The van der Waals surface area contributed by atoms with E-state index >= 15 is 0 Å². The molecule has 0 spiro atoms. The molecular weight excluding hydrogens is 616 g/mol. The van der Waals surface area contributed by atoms with Gasteiger partial charge in [-0.05, 0) is 79.4 Å². The zero-order valence-corrected chi connectivity index (χ0v) is 27.9. The number of H-pyrrole nitrogens is 1. The van der Waals surface area contributed by atoms with Gasteiger partial charge in [-0.1, -0.05) is 37.6 Å². The Kier molecular flexibility index (Phi) is 9.14. The minimum absolute atomic E-state index is 0.00210. The van der Waals surface area contributed by atoms with E-state index in [1.54, 1.807) is 12.3 Å². The summed E-state index contributed by atoms with van der Waals surface area (Å²) in [6.07, 6.45) is 6.19. The normalized spacial score (nSPS) is 33.1. The number of para-hydroxylation sites is 1. The molecule has 3 fully saturated rings. The summed E-state index contributed by atoms with van der Waals surface area (Å²) < 4.78 is 10.2. The molecule has 8 atom stereocenters. The molecule has 1 heterocycles. The van der Waals surface area contributed by atoms with Gasteiger partial charge >= 0.3 is 11.9 Å². The van der Waals surface area contributed by atoms with Crippen molar-refractivity contribution in [3.05, 3.63) is 47.7 Å². The second-order valence-electron chi connectivity index (χ2n) is 14.8. The van der Waals surface area contributed by atoms with E-state index in [2.05, 4.69) is 17.2 Å². The predicted molar refractivity (Wildman–Crippen MR) is 174 cm³/mol. The number of esters is 2. The van der Waals surface area contributed by atoms with E-state index in [4.69, 9.17) is 9.47 Å². The summed E-state index contributed by atoms with van der Waals surface area (Å²) in [5.41, 5.74) is -0.109. The summed E-state index contributed by atoms with van der Waals surface area (Å²) in [4.78, 5) is 66.7. The number of carbonyl (C=O) groups excluding carboxylic acids is 5. The van der Waals surface area contributed by atoms with Crippen LogP contribution in [0.25, 0.3) is 10.9 Å². The van der Waals surface area contributed by atoms with E-state index in [-0.39, 0.29) is 61.1 Å². The van der Waals surface area contributed by atoms with Crippen molar-refractivity contribution in [3.63, 3.8) is 0 Å². The van der Waals surface area contributed by atoms with Gasteiger partial charge < -0.3 is 30.0 Å². The van der Waals surface area contributed by atoms with Gasteiger partial charge in [-0.25, -0.2) is 4.79 Å². The van der Waals surface area contributed by atoms with Crippen molar-refractivity contribution in [1.82, 2.24) is 10.3 Å². The third-order valence-electron chi connectivity index (χ3n) is 12.3. The van der Waals surface area contributed by atoms with Gasteiger partial charge in [0, 0.05) is 41.8 Å². The Balaban J connectivity index is 1.04. The molecule has 6 rings (SSSR count). The number of carbonyl (C=O) groups is 5. The van der Waals surface area contributed by atoms with Crippen LogP contribution in [0.1, 0.15) is 77.2 Å². The molecule has 0 radical (unpaired) electrons. The van der Waals surface area contributed by atoms with Crippen LogP contribution in [-0.2, 0) is 39.9 Å². The number of ketones is 2. The number of Topliss-reactive ketones (excluding diaryl/α,β-unsaturated/α-hetero) is 1. The number of benzene rings is 1. The molecule has 4 aliphatic rings. The summed E-state index contributed by atoms with van der Waals surface area (Å²) in [6, 6.07) is 6.62. The molecule has 0 unspecified atom stereocenters. The van der Waals surface area contributed by atoms with E-state index in [0.717, 1.165) is 34.9 Å². The molecule has 48 heavy (non-hydrogen) atoms. The highest BCUT2D eigenvalue weighted by Crippen LogP contribution is 2.67. The lowest BCUT2D eigenvalue weighted by Gasteiger charge is -2.60. The lowest BCUT2D eigenvalue weighted by Crippen LogP contribution is -2.62. The number of amides is 1. The maximum Gasteiger partial charge on any atom is 0.328 e. The molecule has 1 aromatic carbocycles. The number of aliphatic hydroxyl groups is 2. The summed E-state index contributed by atoms with van der Waals surface area (Å²) in [5, 5.41) is 27.1. The molecule has 4 aliphatic carbocycles. The van der Waals surface area contributed by atoms with Crippen LogP contribution in [0.3, 0.4) is 0 Å². The van der Waals surface area contributed by atoms with Crippen molar-refractivity contribution < 1.29 is 43.7 Å². The van der Waals surface area contributed by atoms with Gasteiger partial charge in [0.1, 0.15) is 11.6 Å². The monoisotopic (exact) mass is 662 g/mol. The van der Waals surface area contributed by atoms with Crippen LogP contribution in [0.15, 0.2) is 42.1 Å². The Morgan fingerprint density at radius 2 is 1.85 bits per heavy atom. The fourth-order valence-corrected chi connectivity index (χ4v) is 9.83. The van der Waals surface area contributed by atoms with Crippen LogP contribution in [-0.4, -0.2) is 76.1 Å². The van der Waals surface area contributed by atoms with Crippen LogP contribution in [0.4, 0.5) is 0 Å². The molecule has 11 heteroatoms. The third kappa shape index (κ3) is 5.78. The number of fused-ring (bicyclic) bond motifs is 6. The predicted octanol–water partition coefficient (Wildman–Crippen LogP) is 3.49. The molecule has 4 N–H and O–H groups in total. The largest absolute Gasteiger partial charge is 0.467 e. The maximum atomic E-state index is 13.6. The molecule has 3 saturated carbocycles. The first-order chi connectivity index (χ1) is 22.8. The smallest absolute Gasteiger partial charge is 0.328 e. The number of nitrogens with one attached hydrogen (secondary N) is 2. The Bertz CT molecular complexity index is 1660. The van der Waals surface area contributed by atoms with Crippen molar-refractivity contribution in [1.29, 1.82) is 0 Å². The molecule has 1 aromatic heterocycles. The van der Waals surface area contributed by atoms with Crippen molar-refractivity contribution >= 4 is 40.3 Å². The highest BCUT2D eigenvalue weighted by atomic mass is 16.5. The highest BCUT2D eigenvalue weighted by molar-refractivity contribution is 5.93. The Morgan fingerprint density at radius 3 is 2.62 bits per heavy atom. The van der Waals surface area contributed by atoms with Crippen molar-refractivity contribution in [2.75, 3.05) is 13.7 Å². The summed E-state index contributed by atoms with van der Waals surface area (Å²) in [6.45, 7) is 3.39.